The maximum Gasteiger partial charge on any atom is 0.148 e. The molecule has 0 atom stereocenters. The van der Waals surface area contributed by atoms with Gasteiger partial charge in [-0.1, -0.05) is 13.8 Å². The first-order valence-electron chi connectivity index (χ1n) is 5.79. The summed E-state index contributed by atoms with van der Waals surface area (Å²) in [5.74, 6) is 2.11. The molecule has 1 aromatic carbocycles. The number of hydrogen-bond donors (Lipinski definition) is 1. The summed E-state index contributed by atoms with van der Waals surface area (Å²) in [6, 6.07) is 5.92. The molecule has 0 bridgehead atoms. The Morgan fingerprint density at radius 3 is 2.53 bits per heavy atom. The Kier molecular flexibility index (Phi) is 2.88. The molecule has 0 radical (unpaired) electrons. The number of nitrogen functional groups attached to an aromatic ring is 1. The first-order chi connectivity index (χ1) is 7.99. The lowest BCUT2D eigenvalue weighted by Crippen LogP contribution is -2.05. The SMILES string of the molecule is Cc1nc(C(C)C)n(-c2ccc(N)c(C)c2)n1. The van der Waals surface area contributed by atoms with Crippen LogP contribution in [0.25, 0.3) is 5.69 Å². The molecule has 2 rings (SSSR count). The molecule has 2 N–H and O–H groups in total. The summed E-state index contributed by atoms with van der Waals surface area (Å²) in [7, 11) is 0. The molecule has 4 heteroatoms. The summed E-state index contributed by atoms with van der Waals surface area (Å²) in [6.07, 6.45) is 0. The third-order valence-corrected chi connectivity index (χ3v) is 2.75. The summed E-state index contributed by atoms with van der Waals surface area (Å²) in [5, 5.41) is 4.44. The monoisotopic (exact) mass is 230 g/mol. The quantitative estimate of drug-likeness (QED) is 0.807. The van der Waals surface area contributed by atoms with Crippen molar-refractivity contribution in [2.75, 3.05) is 5.73 Å². The van der Waals surface area contributed by atoms with Crippen LogP contribution in [-0.2, 0) is 0 Å². The van der Waals surface area contributed by atoms with Crippen molar-refractivity contribution in [2.24, 2.45) is 0 Å². The van der Waals surface area contributed by atoms with E-state index >= 15 is 0 Å². The topological polar surface area (TPSA) is 56.7 Å². The summed E-state index contributed by atoms with van der Waals surface area (Å²) in [4.78, 5) is 4.46. The van der Waals surface area contributed by atoms with Gasteiger partial charge in [-0.15, -0.1) is 0 Å². The lowest BCUT2D eigenvalue weighted by molar-refractivity contribution is 0.713. The summed E-state index contributed by atoms with van der Waals surface area (Å²) >= 11 is 0. The van der Waals surface area contributed by atoms with Gasteiger partial charge >= 0.3 is 0 Å². The molecule has 0 saturated carbocycles. The standard InChI is InChI=1S/C13H18N4/c1-8(2)13-15-10(4)16-17(13)11-5-6-12(14)9(3)7-11/h5-8H,14H2,1-4H3. The number of hydrogen-bond acceptors (Lipinski definition) is 3. The maximum atomic E-state index is 5.82. The first kappa shape index (κ1) is 11.6. The van der Waals surface area contributed by atoms with E-state index in [9.17, 15) is 0 Å². The van der Waals surface area contributed by atoms with Crippen LogP contribution in [0.3, 0.4) is 0 Å². The fourth-order valence-corrected chi connectivity index (χ4v) is 1.79. The molecule has 0 amide bonds. The lowest BCUT2D eigenvalue weighted by Gasteiger charge is -2.09. The third-order valence-electron chi connectivity index (χ3n) is 2.75. The van der Waals surface area contributed by atoms with Crippen molar-refractivity contribution in [3.63, 3.8) is 0 Å². The van der Waals surface area contributed by atoms with Crippen molar-refractivity contribution < 1.29 is 0 Å². The molecule has 90 valence electrons. The fraction of sp³-hybridized carbons (Fsp3) is 0.385. The van der Waals surface area contributed by atoms with E-state index in [0.29, 0.717) is 5.92 Å². The Labute approximate surface area is 101 Å². The minimum Gasteiger partial charge on any atom is -0.399 e. The Hall–Kier alpha value is -1.84. The van der Waals surface area contributed by atoms with Crippen molar-refractivity contribution >= 4 is 5.69 Å². The van der Waals surface area contributed by atoms with Gasteiger partial charge in [-0.05, 0) is 37.6 Å². The smallest absolute Gasteiger partial charge is 0.148 e. The van der Waals surface area contributed by atoms with Gasteiger partial charge in [0.15, 0.2) is 0 Å². The van der Waals surface area contributed by atoms with E-state index < -0.39 is 0 Å². The number of nitrogens with two attached hydrogens (primary N) is 1. The van der Waals surface area contributed by atoms with Crippen LogP contribution in [0, 0.1) is 13.8 Å². The van der Waals surface area contributed by atoms with Crippen LogP contribution >= 0.6 is 0 Å². The minimum absolute atomic E-state index is 0.342. The van der Waals surface area contributed by atoms with Crippen molar-refractivity contribution in [3.8, 4) is 5.69 Å². The van der Waals surface area contributed by atoms with Gasteiger partial charge in [0.1, 0.15) is 11.6 Å². The van der Waals surface area contributed by atoms with Gasteiger partial charge in [-0.25, -0.2) is 9.67 Å². The fourth-order valence-electron chi connectivity index (χ4n) is 1.79. The Balaban J connectivity index is 2.55. The summed E-state index contributed by atoms with van der Waals surface area (Å²) in [5.41, 5.74) is 8.70. The molecule has 0 unspecified atom stereocenters. The predicted octanol–water partition coefficient (Wildman–Crippen LogP) is 2.59. The van der Waals surface area contributed by atoms with E-state index in [0.717, 1.165) is 28.6 Å². The molecule has 0 fully saturated rings. The van der Waals surface area contributed by atoms with E-state index in [4.69, 9.17) is 5.73 Å². The zero-order valence-corrected chi connectivity index (χ0v) is 10.7. The Morgan fingerprint density at radius 2 is 1.94 bits per heavy atom. The number of aromatic nitrogens is 3. The number of benzene rings is 1. The van der Waals surface area contributed by atoms with Gasteiger partial charge in [0.25, 0.3) is 0 Å². The van der Waals surface area contributed by atoms with Crippen molar-refractivity contribution in [1.29, 1.82) is 0 Å². The average Bonchev–Trinajstić information content (AvgIpc) is 2.64. The van der Waals surface area contributed by atoms with E-state index in [1.807, 2.05) is 36.7 Å². The molecule has 17 heavy (non-hydrogen) atoms. The third kappa shape index (κ3) is 2.16. The van der Waals surface area contributed by atoms with Crippen LogP contribution in [0.1, 0.15) is 37.0 Å². The maximum absolute atomic E-state index is 5.82. The van der Waals surface area contributed by atoms with E-state index in [1.54, 1.807) is 0 Å². The van der Waals surface area contributed by atoms with Gasteiger partial charge < -0.3 is 5.73 Å². The Morgan fingerprint density at radius 1 is 1.24 bits per heavy atom. The highest BCUT2D eigenvalue weighted by molar-refractivity contribution is 5.52. The average molecular weight is 230 g/mol. The second kappa shape index (κ2) is 4.20. The van der Waals surface area contributed by atoms with Gasteiger partial charge in [-0.3, -0.25) is 0 Å². The van der Waals surface area contributed by atoms with E-state index in [2.05, 4.69) is 23.9 Å². The molecule has 1 aromatic heterocycles. The van der Waals surface area contributed by atoms with E-state index in [-0.39, 0.29) is 0 Å². The zero-order chi connectivity index (χ0) is 12.6. The van der Waals surface area contributed by atoms with Crippen LogP contribution in [0.5, 0.6) is 0 Å². The van der Waals surface area contributed by atoms with Gasteiger partial charge in [0.05, 0.1) is 5.69 Å². The molecular weight excluding hydrogens is 212 g/mol. The highest BCUT2D eigenvalue weighted by atomic mass is 15.3. The van der Waals surface area contributed by atoms with Crippen molar-refractivity contribution in [3.05, 3.63) is 35.4 Å². The second-order valence-electron chi connectivity index (χ2n) is 4.62. The second-order valence-corrected chi connectivity index (χ2v) is 4.62. The van der Waals surface area contributed by atoms with Crippen molar-refractivity contribution in [2.45, 2.75) is 33.6 Å². The molecule has 1 heterocycles. The number of rotatable bonds is 2. The molecule has 0 spiro atoms. The molecule has 2 aromatic rings. The molecule has 0 aliphatic carbocycles. The molecule has 0 aliphatic rings. The molecule has 0 aliphatic heterocycles. The van der Waals surface area contributed by atoms with Crippen LogP contribution in [-0.4, -0.2) is 14.8 Å². The zero-order valence-electron chi connectivity index (χ0n) is 10.7. The minimum atomic E-state index is 0.342. The largest absolute Gasteiger partial charge is 0.399 e. The van der Waals surface area contributed by atoms with Gasteiger partial charge in [0.2, 0.25) is 0 Å². The normalized spacial score (nSPS) is 11.1. The van der Waals surface area contributed by atoms with E-state index in [1.165, 1.54) is 0 Å². The Bertz CT molecular complexity index is 540. The molecular formula is C13H18N4. The van der Waals surface area contributed by atoms with Gasteiger partial charge in [0, 0.05) is 11.6 Å². The van der Waals surface area contributed by atoms with Crippen LogP contribution in [0.15, 0.2) is 18.2 Å². The van der Waals surface area contributed by atoms with Crippen LogP contribution < -0.4 is 5.73 Å². The lowest BCUT2D eigenvalue weighted by atomic mass is 10.1. The molecule has 0 saturated heterocycles. The number of aryl methyl sites for hydroxylation is 2. The summed E-state index contributed by atoms with van der Waals surface area (Å²) < 4.78 is 1.90. The molecule has 4 nitrogen and oxygen atoms in total. The van der Waals surface area contributed by atoms with Crippen LogP contribution in [0.4, 0.5) is 5.69 Å². The highest BCUT2D eigenvalue weighted by Crippen LogP contribution is 2.20. The number of anilines is 1. The van der Waals surface area contributed by atoms with Crippen LogP contribution in [0.2, 0.25) is 0 Å². The van der Waals surface area contributed by atoms with Crippen molar-refractivity contribution in [1.82, 2.24) is 14.8 Å². The first-order valence-corrected chi connectivity index (χ1v) is 5.79. The summed E-state index contributed by atoms with van der Waals surface area (Å²) in [6.45, 7) is 8.14. The highest BCUT2D eigenvalue weighted by Gasteiger charge is 2.12. The number of nitrogens with zero attached hydrogens (tertiary/aromatic N) is 3. The van der Waals surface area contributed by atoms with Gasteiger partial charge in [-0.2, -0.15) is 5.10 Å². The predicted molar refractivity (Wildman–Crippen MR) is 69.3 cm³/mol.